The van der Waals surface area contributed by atoms with E-state index in [0.717, 1.165) is 24.2 Å². The van der Waals surface area contributed by atoms with Crippen molar-refractivity contribution in [1.29, 1.82) is 0 Å². The lowest BCUT2D eigenvalue weighted by molar-refractivity contribution is -0.129. The van der Waals surface area contributed by atoms with Gasteiger partial charge >= 0.3 is 0 Å². The van der Waals surface area contributed by atoms with Crippen LogP contribution in [0.15, 0.2) is 16.7 Å². The fourth-order valence-corrected chi connectivity index (χ4v) is 2.57. The monoisotopic (exact) mass is 220 g/mol. The largest absolute Gasteiger partial charge is 0.467 e. The quantitative estimate of drug-likeness (QED) is 0.818. The molecule has 4 heteroatoms. The van der Waals surface area contributed by atoms with Gasteiger partial charge in [-0.2, -0.15) is 0 Å². The van der Waals surface area contributed by atoms with Crippen molar-refractivity contribution in [2.75, 3.05) is 0 Å². The number of nitrogens with two attached hydrogens (primary N) is 1. The summed E-state index contributed by atoms with van der Waals surface area (Å²) in [5, 5.41) is 0. The molecular formula is C12H16N2O2. The fourth-order valence-electron chi connectivity index (χ4n) is 2.57. The minimum Gasteiger partial charge on any atom is -0.467 e. The first-order valence-corrected chi connectivity index (χ1v) is 5.79. The number of carbonyl (C=O) groups is 1. The molecule has 2 aliphatic rings. The normalized spacial score (nSPS) is 30.1. The van der Waals surface area contributed by atoms with Crippen molar-refractivity contribution in [2.24, 2.45) is 5.73 Å². The lowest BCUT2D eigenvalue weighted by Crippen LogP contribution is -2.34. The molecule has 2 fully saturated rings. The van der Waals surface area contributed by atoms with Crippen molar-refractivity contribution in [2.45, 2.75) is 44.3 Å². The van der Waals surface area contributed by atoms with Crippen LogP contribution >= 0.6 is 0 Å². The number of amides is 1. The summed E-state index contributed by atoms with van der Waals surface area (Å²) in [6.45, 7) is 2.00. The maximum Gasteiger partial charge on any atom is 0.225 e. The van der Waals surface area contributed by atoms with Crippen LogP contribution in [0.3, 0.4) is 0 Å². The van der Waals surface area contributed by atoms with Crippen LogP contribution in [0.25, 0.3) is 0 Å². The summed E-state index contributed by atoms with van der Waals surface area (Å²) in [6.07, 6.45) is 4.33. The van der Waals surface area contributed by atoms with Crippen molar-refractivity contribution < 1.29 is 9.21 Å². The van der Waals surface area contributed by atoms with Crippen LogP contribution in [0.5, 0.6) is 0 Å². The van der Waals surface area contributed by atoms with Gasteiger partial charge in [0.05, 0.1) is 6.26 Å². The molecule has 0 aromatic carbocycles. The molecule has 1 aromatic rings. The van der Waals surface area contributed by atoms with Crippen LogP contribution in [0.1, 0.15) is 36.6 Å². The second kappa shape index (κ2) is 3.35. The van der Waals surface area contributed by atoms with Crippen LogP contribution in [0.2, 0.25) is 0 Å². The summed E-state index contributed by atoms with van der Waals surface area (Å²) in [5.41, 5.74) is 7.15. The number of nitrogens with zero attached hydrogens (tertiary/aromatic N) is 1. The molecule has 86 valence electrons. The lowest BCUT2D eigenvalue weighted by atomic mass is 10.0. The van der Waals surface area contributed by atoms with Crippen molar-refractivity contribution in [3.8, 4) is 0 Å². The number of furan rings is 1. The van der Waals surface area contributed by atoms with Crippen molar-refractivity contribution in [3.63, 3.8) is 0 Å². The molecule has 4 nitrogen and oxygen atoms in total. The average molecular weight is 220 g/mol. The molecule has 0 bridgehead atoms. The third kappa shape index (κ3) is 1.37. The molecule has 3 rings (SSSR count). The Balaban J connectivity index is 1.97. The van der Waals surface area contributed by atoms with Crippen LogP contribution in [0, 0.1) is 6.92 Å². The summed E-state index contributed by atoms with van der Waals surface area (Å²) >= 11 is 0. The van der Waals surface area contributed by atoms with E-state index in [9.17, 15) is 4.79 Å². The summed E-state index contributed by atoms with van der Waals surface area (Å²) in [5.74, 6) is 1.04. The zero-order valence-corrected chi connectivity index (χ0v) is 9.35. The van der Waals surface area contributed by atoms with E-state index in [4.69, 9.17) is 10.2 Å². The van der Waals surface area contributed by atoms with Gasteiger partial charge in [0.1, 0.15) is 11.8 Å². The zero-order valence-electron chi connectivity index (χ0n) is 9.35. The number of hydrogen-bond donors (Lipinski definition) is 1. The predicted octanol–water partition coefficient (Wildman–Crippen LogP) is 1.35. The third-order valence-corrected chi connectivity index (χ3v) is 3.51. The minimum atomic E-state index is -0.127. The Bertz CT molecular complexity index is 422. The van der Waals surface area contributed by atoms with Gasteiger partial charge in [0.2, 0.25) is 5.91 Å². The molecule has 2 N–H and O–H groups in total. The topological polar surface area (TPSA) is 59.5 Å². The van der Waals surface area contributed by atoms with Crippen LogP contribution in [0.4, 0.5) is 0 Å². The van der Waals surface area contributed by atoms with E-state index in [1.807, 2.05) is 17.9 Å². The molecular weight excluding hydrogens is 204 g/mol. The van der Waals surface area contributed by atoms with Crippen LogP contribution in [-0.2, 0) is 4.79 Å². The highest BCUT2D eigenvalue weighted by Gasteiger charge is 2.47. The Hall–Kier alpha value is -1.29. The van der Waals surface area contributed by atoms with Gasteiger partial charge in [-0.05, 0) is 31.4 Å². The van der Waals surface area contributed by atoms with E-state index >= 15 is 0 Å². The number of hydrogen-bond acceptors (Lipinski definition) is 3. The number of rotatable bonds is 2. The summed E-state index contributed by atoms with van der Waals surface area (Å²) in [6, 6.07) is 2.15. The molecule has 0 spiro atoms. The average Bonchev–Trinajstić information content (AvgIpc) is 2.91. The molecule has 2 unspecified atom stereocenters. The fraction of sp³-hybridized carbons (Fsp3) is 0.583. The Kier molecular flexibility index (Phi) is 2.07. The molecule has 0 radical (unpaired) electrons. The van der Waals surface area contributed by atoms with Gasteiger partial charge in [0.25, 0.3) is 0 Å². The van der Waals surface area contributed by atoms with E-state index in [1.54, 1.807) is 6.26 Å². The molecule has 2 heterocycles. The second-order valence-electron chi connectivity index (χ2n) is 4.81. The van der Waals surface area contributed by atoms with Gasteiger partial charge in [-0.25, -0.2) is 0 Å². The number of carbonyl (C=O) groups excluding carboxylic acids is 1. The molecule has 1 amide bonds. The van der Waals surface area contributed by atoms with E-state index < -0.39 is 0 Å². The standard InChI is InChI=1S/C12H16N2O2/c1-7-4-5-16-12(7)11-9(13)6-10(15)14(11)8-2-3-8/h4-5,8-9,11H,2-3,6,13H2,1H3. The highest BCUT2D eigenvalue weighted by Crippen LogP contribution is 2.42. The van der Waals surface area contributed by atoms with Gasteiger partial charge in [-0.15, -0.1) is 0 Å². The first-order chi connectivity index (χ1) is 7.68. The SMILES string of the molecule is Cc1ccoc1C1C(N)CC(=O)N1C1CC1. The molecule has 1 aromatic heterocycles. The highest BCUT2D eigenvalue weighted by atomic mass is 16.3. The summed E-state index contributed by atoms with van der Waals surface area (Å²) < 4.78 is 5.50. The van der Waals surface area contributed by atoms with Gasteiger partial charge in [0.15, 0.2) is 0 Å². The first-order valence-electron chi connectivity index (χ1n) is 5.79. The van der Waals surface area contributed by atoms with Gasteiger partial charge in [0, 0.05) is 18.5 Å². The predicted molar refractivity (Wildman–Crippen MR) is 58.6 cm³/mol. The zero-order chi connectivity index (χ0) is 11.3. The van der Waals surface area contributed by atoms with E-state index in [0.29, 0.717) is 12.5 Å². The summed E-state index contributed by atoms with van der Waals surface area (Å²) in [7, 11) is 0. The molecule has 1 saturated heterocycles. The molecule has 1 aliphatic heterocycles. The Morgan fingerprint density at radius 3 is 2.81 bits per heavy atom. The molecule has 2 atom stereocenters. The molecule has 16 heavy (non-hydrogen) atoms. The Morgan fingerprint density at radius 1 is 1.50 bits per heavy atom. The number of aryl methyl sites for hydroxylation is 1. The molecule has 1 aliphatic carbocycles. The smallest absolute Gasteiger partial charge is 0.225 e. The Labute approximate surface area is 94.4 Å². The van der Waals surface area contributed by atoms with Gasteiger partial charge in [-0.1, -0.05) is 0 Å². The maximum atomic E-state index is 11.9. The van der Waals surface area contributed by atoms with Crippen molar-refractivity contribution in [1.82, 2.24) is 4.90 Å². The van der Waals surface area contributed by atoms with Gasteiger partial charge in [-0.3, -0.25) is 4.79 Å². The van der Waals surface area contributed by atoms with E-state index in [1.165, 1.54) is 0 Å². The van der Waals surface area contributed by atoms with E-state index in [2.05, 4.69) is 0 Å². The third-order valence-electron chi connectivity index (χ3n) is 3.51. The lowest BCUT2D eigenvalue weighted by Gasteiger charge is -2.25. The van der Waals surface area contributed by atoms with Crippen LogP contribution < -0.4 is 5.73 Å². The van der Waals surface area contributed by atoms with Crippen molar-refractivity contribution in [3.05, 3.63) is 23.7 Å². The Morgan fingerprint density at radius 2 is 2.25 bits per heavy atom. The van der Waals surface area contributed by atoms with Gasteiger partial charge < -0.3 is 15.1 Å². The highest BCUT2D eigenvalue weighted by molar-refractivity contribution is 5.81. The second-order valence-corrected chi connectivity index (χ2v) is 4.81. The van der Waals surface area contributed by atoms with Crippen molar-refractivity contribution >= 4 is 5.91 Å². The van der Waals surface area contributed by atoms with Crippen LogP contribution in [-0.4, -0.2) is 22.9 Å². The maximum absolute atomic E-state index is 11.9. The molecule has 1 saturated carbocycles. The first kappa shape index (κ1) is 9.90. The minimum absolute atomic E-state index is 0.0463. The number of likely N-dealkylation sites (tertiary alicyclic amines) is 1. The summed E-state index contributed by atoms with van der Waals surface area (Å²) in [4.78, 5) is 13.8. The van der Waals surface area contributed by atoms with E-state index in [-0.39, 0.29) is 18.0 Å².